The van der Waals surface area contributed by atoms with Crippen molar-refractivity contribution in [2.75, 3.05) is 40.8 Å². The summed E-state index contributed by atoms with van der Waals surface area (Å²) in [7, 11) is 5.94. The quantitative estimate of drug-likeness (QED) is 0.901. The number of aliphatic hydroxyl groups excluding tert-OH is 1. The van der Waals surface area contributed by atoms with E-state index >= 15 is 0 Å². The summed E-state index contributed by atoms with van der Waals surface area (Å²) in [5.74, 6) is 0.768. The Labute approximate surface area is 128 Å². The van der Waals surface area contributed by atoms with Crippen molar-refractivity contribution in [1.82, 2.24) is 9.80 Å². The van der Waals surface area contributed by atoms with Crippen LogP contribution in [0.4, 0.5) is 0 Å². The number of aliphatic hydroxyl groups is 1. The topological polar surface area (TPSA) is 35.9 Å². The third-order valence-corrected chi connectivity index (χ3v) is 4.52. The zero-order valence-corrected chi connectivity index (χ0v) is 13.7. The second-order valence-corrected chi connectivity index (χ2v) is 6.24. The highest BCUT2D eigenvalue weighted by Gasteiger charge is 2.23. The van der Waals surface area contributed by atoms with Crippen molar-refractivity contribution in [3.8, 4) is 5.75 Å². The average Bonchev–Trinajstić information content (AvgIpc) is 2.47. The maximum absolute atomic E-state index is 10.6. The average molecular weight is 292 g/mol. The maximum Gasteiger partial charge on any atom is 0.124 e. The fourth-order valence-electron chi connectivity index (χ4n) is 3.07. The lowest BCUT2D eigenvalue weighted by Crippen LogP contribution is -2.43. The van der Waals surface area contributed by atoms with Gasteiger partial charge in [-0.25, -0.2) is 0 Å². The first-order valence-corrected chi connectivity index (χ1v) is 7.72. The minimum absolute atomic E-state index is 0.510. The molecule has 1 aliphatic rings. The Kier molecular flexibility index (Phi) is 5.62. The second kappa shape index (κ2) is 7.25. The van der Waals surface area contributed by atoms with Crippen LogP contribution in [0.25, 0.3) is 0 Å². The molecule has 118 valence electrons. The lowest BCUT2D eigenvalue weighted by molar-refractivity contribution is 0.0775. The minimum atomic E-state index is -0.510. The molecule has 1 aromatic rings. The molecular weight excluding hydrogens is 264 g/mol. The molecule has 0 bridgehead atoms. The Hall–Kier alpha value is -1.10. The Morgan fingerprint density at radius 2 is 2.05 bits per heavy atom. The van der Waals surface area contributed by atoms with Crippen LogP contribution in [0, 0.1) is 6.92 Å². The molecule has 1 heterocycles. The van der Waals surface area contributed by atoms with Crippen molar-refractivity contribution < 1.29 is 9.84 Å². The van der Waals surface area contributed by atoms with E-state index in [1.807, 2.05) is 25.1 Å². The molecule has 1 unspecified atom stereocenters. The molecule has 0 radical (unpaired) electrons. The van der Waals surface area contributed by atoms with Crippen LogP contribution in [0.15, 0.2) is 18.2 Å². The number of nitrogens with zero attached hydrogens (tertiary/aromatic N) is 2. The number of hydrogen-bond acceptors (Lipinski definition) is 4. The molecule has 2 rings (SSSR count). The fraction of sp³-hybridized carbons (Fsp3) is 0.647. The molecule has 21 heavy (non-hydrogen) atoms. The number of piperidine rings is 1. The molecule has 1 fully saturated rings. The van der Waals surface area contributed by atoms with Gasteiger partial charge in [-0.15, -0.1) is 0 Å². The van der Waals surface area contributed by atoms with Gasteiger partial charge in [0, 0.05) is 18.2 Å². The fourth-order valence-corrected chi connectivity index (χ4v) is 3.07. The van der Waals surface area contributed by atoms with Gasteiger partial charge >= 0.3 is 0 Å². The molecule has 0 amide bonds. The molecule has 1 saturated heterocycles. The molecule has 1 aliphatic heterocycles. The van der Waals surface area contributed by atoms with E-state index in [1.165, 1.54) is 12.8 Å². The summed E-state index contributed by atoms with van der Waals surface area (Å²) in [6, 6.07) is 6.53. The molecule has 1 aromatic carbocycles. The van der Waals surface area contributed by atoms with Crippen molar-refractivity contribution in [3.05, 3.63) is 29.3 Å². The largest absolute Gasteiger partial charge is 0.496 e. The normalized spacial score (nSPS) is 19.0. The number of likely N-dealkylation sites (N-methyl/N-ethyl adjacent to an activating group) is 1. The van der Waals surface area contributed by atoms with Crippen LogP contribution in [-0.4, -0.2) is 61.8 Å². The molecule has 0 aliphatic carbocycles. The van der Waals surface area contributed by atoms with Gasteiger partial charge in [-0.3, -0.25) is 0 Å². The SMILES string of the molecule is COc1ccc(C)cc1C(O)CN(C)C1CCN(C)CC1. The Morgan fingerprint density at radius 3 is 2.67 bits per heavy atom. The van der Waals surface area contributed by atoms with Crippen LogP contribution in [0.3, 0.4) is 0 Å². The monoisotopic (exact) mass is 292 g/mol. The van der Waals surface area contributed by atoms with E-state index in [0.717, 1.165) is 30.0 Å². The summed E-state index contributed by atoms with van der Waals surface area (Å²) in [4.78, 5) is 4.66. The van der Waals surface area contributed by atoms with Crippen LogP contribution in [0.5, 0.6) is 5.75 Å². The molecule has 0 saturated carbocycles. The number of methoxy groups -OCH3 is 1. The second-order valence-electron chi connectivity index (χ2n) is 6.24. The number of aryl methyl sites for hydroxylation is 1. The Balaban J connectivity index is 2.00. The first kappa shape index (κ1) is 16.3. The summed E-state index contributed by atoms with van der Waals surface area (Å²) in [5, 5.41) is 10.6. The van der Waals surface area contributed by atoms with Crippen LogP contribution < -0.4 is 4.74 Å². The first-order chi connectivity index (χ1) is 10.0. The smallest absolute Gasteiger partial charge is 0.124 e. The number of ether oxygens (including phenoxy) is 1. The van der Waals surface area contributed by atoms with E-state index in [-0.39, 0.29) is 0 Å². The van der Waals surface area contributed by atoms with E-state index in [9.17, 15) is 5.11 Å². The molecule has 1 atom stereocenters. The van der Waals surface area contributed by atoms with Crippen LogP contribution in [0.2, 0.25) is 0 Å². The van der Waals surface area contributed by atoms with Crippen molar-refractivity contribution >= 4 is 0 Å². The highest BCUT2D eigenvalue weighted by Crippen LogP contribution is 2.27. The van der Waals surface area contributed by atoms with Gasteiger partial charge in [-0.1, -0.05) is 11.6 Å². The summed E-state index contributed by atoms with van der Waals surface area (Å²) in [6.07, 6.45) is 1.83. The zero-order chi connectivity index (χ0) is 15.4. The van der Waals surface area contributed by atoms with Crippen molar-refractivity contribution in [2.45, 2.75) is 31.9 Å². The third kappa shape index (κ3) is 4.19. The first-order valence-electron chi connectivity index (χ1n) is 7.72. The molecule has 1 N–H and O–H groups in total. The standard InChI is InChI=1S/C17H28N2O2/c1-13-5-6-17(21-4)15(11-13)16(20)12-19(3)14-7-9-18(2)10-8-14/h5-6,11,14,16,20H,7-10,12H2,1-4H3. The minimum Gasteiger partial charge on any atom is -0.496 e. The third-order valence-electron chi connectivity index (χ3n) is 4.52. The van der Waals surface area contributed by atoms with Crippen LogP contribution in [0.1, 0.15) is 30.1 Å². The van der Waals surface area contributed by atoms with Gasteiger partial charge in [0.05, 0.1) is 13.2 Å². The molecule has 4 nitrogen and oxygen atoms in total. The summed E-state index contributed by atoms with van der Waals surface area (Å²) in [5.41, 5.74) is 2.03. The highest BCUT2D eigenvalue weighted by atomic mass is 16.5. The van der Waals surface area contributed by atoms with Gasteiger partial charge in [0.15, 0.2) is 0 Å². The van der Waals surface area contributed by atoms with E-state index in [0.29, 0.717) is 12.6 Å². The molecule has 0 spiro atoms. The van der Waals surface area contributed by atoms with Crippen molar-refractivity contribution in [3.63, 3.8) is 0 Å². The number of benzene rings is 1. The maximum atomic E-state index is 10.6. The number of likely N-dealkylation sites (tertiary alicyclic amines) is 1. The van der Waals surface area contributed by atoms with Crippen molar-refractivity contribution in [2.24, 2.45) is 0 Å². The highest BCUT2D eigenvalue weighted by molar-refractivity contribution is 5.38. The van der Waals surface area contributed by atoms with E-state index in [2.05, 4.69) is 23.9 Å². The van der Waals surface area contributed by atoms with Gasteiger partial charge in [0.2, 0.25) is 0 Å². The Morgan fingerprint density at radius 1 is 1.38 bits per heavy atom. The molecule has 0 aromatic heterocycles. The van der Waals surface area contributed by atoms with Gasteiger partial charge in [-0.2, -0.15) is 0 Å². The predicted molar refractivity (Wildman–Crippen MR) is 85.8 cm³/mol. The molecule has 4 heteroatoms. The van der Waals surface area contributed by atoms with Gasteiger partial charge in [-0.05, 0) is 59.1 Å². The summed E-state index contributed by atoms with van der Waals surface area (Å²) in [6.45, 7) is 4.96. The van der Waals surface area contributed by atoms with E-state index in [1.54, 1.807) is 7.11 Å². The van der Waals surface area contributed by atoms with E-state index in [4.69, 9.17) is 4.74 Å². The Bertz CT molecular complexity index is 456. The predicted octanol–water partition coefficient (Wildman–Crippen LogP) is 2.06. The lowest BCUT2D eigenvalue weighted by Gasteiger charge is -2.36. The van der Waals surface area contributed by atoms with E-state index < -0.39 is 6.10 Å². The summed E-state index contributed by atoms with van der Waals surface area (Å²) < 4.78 is 5.38. The molecular formula is C17H28N2O2. The number of hydrogen-bond donors (Lipinski definition) is 1. The van der Waals surface area contributed by atoms with Crippen LogP contribution in [-0.2, 0) is 0 Å². The zero-order valence-electron chi connectivity index (χ0n) is 13.7. The van der Waals surface area contributed by atoms with Crippen molar-refractivity contribution in [1.29, 1.82) is 0 Å². The number of rotatable bonds is 5. The lowest BCUT2D eigenvalue weighted by atomic mass is 10.0. The van der Waals surface area contributed by atoms with Gasteiger partial charge in [0.1, 0.15) is 5.75 Å². The summed E-state index contributed by atoms with van der Waals surface area (Å²) >= 11 is 0. The van der Waals surface area contributed by atoms with Crippen LogP contribution >= 0.6 is 0 Å². The van der Waals surface area contributed by atoms with Gasteiger partial charge < -0.3 is 19.6 Å². The van der Waals surface area contributed by atoms with Gasteiger partial charge in [0.25, 0.3) is 0 Å².